The highest BCUT2D eigenvalue weighted by Crippen LogP contribution is 2.34. The summed E-state index contributed by atoms with van der Waals surface area (Å²) in [7, 11) is 0. The van der Waals surface area contributed by atoms with Crippen molar-refractivity contribution in [2.45, 2.75) is 45.3 Å². The van der Waals surface area contributed by atoms with Gasteiger partial charge in [-0.1, -0.05) is 6.07 Å². The van der Waals surface area contributed by atoms with Crippen molar-refractivity contribution in [1.82, 2.24) is 5.32 Å². The zero-order valence-corrected chi connectivity index (χ0v) is 12.3. The lowest BCUT2D eigenvalue weighted by Gasteiger charge is -2.22. The van der Waals surface area contributed by atoms with Crippen LogP contribution in [0.15, 0.2) is 18.2 Å². The largest absolute Gasteiger partial charge is 0.511 e. The molecule has 0 radical (unpaired) electrons. The quantitative estimate of drug-likeness (QED) is 0.645. The first-order valence-corrected chi connectivity index (χ1v) is 6.78. The molecule has 0 aliphatic heterocycles. The second-order valence-corrected chi connectivity index (χ2v) is 5.97. The minimum Gasteiger partial charge on any atom is -0.449 e. The third-order valence-electron chi connectivity index (χ3n) is 3.09. The molecule has 1 aromatic carbocycles. The van der Waals surface area contributed by atoms with E-state index in [1.165, 1.54) is 0 Å². The van der Waals surface area contributed by atoms with Gasteiger partial charge in [-0.3, -0.25) is 0 Å². The average molecular weight is 293 g/mol. The molecular weight excluding hydrogens is 274 g/mol. The predicted molar refractivity (Wildman–Crippen MR) is 75.5 cm³/mol. The Hall–Kier alpha value is -2.24. The minimum atomic E-state index is -1.36. The number of hydrogen-bond donors (Lipinski definition) is 2. The van der Waals surface area contributed by atoms with Crippen LogP contribution in [0, 0.1) is 0 Å². The second kappa shape index (κ2) is 5.63. The summed E-state index contributed by atoms with van der Waals surface area (Å²) in [4.78, 5) is 22.4. The predicted octanol–water partition coefficient (Wildman–Crippen LogP) is 3.26. The van der Waals surface area contributed by atoms with Gasteiger partial charge in [0.1, 0.15) is 11.4 Å². The fraction of sp³-hybridized carbons (Fsp3) is 0.467. The summed E-state index contributed by atoms with van der Waals surface area (Å²) in [6, 6.07) is 4.90. The van der Waals surface area contributed by atoms with Crippen LogP contribution in [0.1, 0.15) is 44.4 Å². The highest BCUT2D eigenvalue weighted by Gasteiger charge is 2.26. The van der Waals surface area contributed by atoms with E-state index >= 15 is 0 Å². The van der Waals surface area contributed by atoms with Gasteiger partial charge in [-0.25, -0.2) is 9.59 Å². The molecule has 0 aromatic heterocycles. The van der Waals surface area contributed by atoms with Crippen molar-refractivity contribution < 1.29 is 24.2 Å². The van der Waals surface area contributed by atoms with E-state index in [1.807, 2.05) is 6.07 Å². The van der Waals surface area contributed by atoms with Gasteiger partial charge in [-0.2, -0.15) is 0 Å². The molecule has 1 aliphatic rings. The molecule has 0 unspecified atom stereocenters. The van der Waals surface area contributed by atoms with Gasteiger partial charge in [-0.05, 0) is 56.9 Å². The molecule has 1 amide bonds. The number of carbonyl (C=O) groups excluding carboxylic acids is 1. The van der Waals surface area contributed by atoms with E-state index in [9.17, 15) is 9.59 Å². The van der Waals surface area contributed by atoms with Crippen LogP contribution in [0.4, 0.5) is 9.59 Å². The summed E-state index contributed by atoms with van der Waals surface area (Å²) < 4.78 is 9.88. The lowest BCUT2D eigenvalue weighted by molar-refractivity contribution is 0.0503. The maximum absolute atomic E-state index is 11.8. The number of aryl methyl sites for hydroxylation is 1. The number of ether oxygens (including phenoxy) is 2. The Balaban J connectivity index is 2.09. The van der Waals surface area contributed by atoms with E-state index in [2.05, 4.69) is 10.1 Å². The molecule has 0 fully saturated rings. The van der Waals surface area contributed by atoms with Crippen molar-refractivity contribution in [2.75, 3.05) is 0 Å². The molecule has 1 aliphatic carbocycles. The first kappa shape index (κ1) is 15.2. The lowest BCUT2D eigenvalue weighted by atomic mass is 10.1. The molecule has 6 nitrogen and oxygen atoms in total. The van der Waals surface area contributed by atoms with Gasteiger partial charge in [0.15, 0.2) is 0 Å². The number of fused-ring (bicyclic) bond motifs is 1. The van der Waals surface area contributed by atoms with Crippen LogP contribution in [0.25, 0.3) is 0 Å². The minimum absolute atomic E-state index is 0.188. The molecule has 1 aromatic rings. The first-order valence-electron chi connectivity index (χ1n) is 6.78. The van der Waals surface area contributed by atoms with Gasteiger partial charge in [0.2, 0.25) is 0 Å². The number of amides is 1. The third-order valence-corrected chi connectivity index (χ3v) is 3.09. The normalized spacial score (nSPS) is 17.0. The van der Waals surface area contributed by atoms with E-state index in [0.717, 1.165) is 24.0 Å². The van der Waals surface area contributed by atoms with Crippen LogP contribution in [0.2, 0.25) is 0 Å². The number of carboxylic acid groups (broad SMARTS) is 1. The first-order chi connectivity index (χ1) is 9.74. The molecule has 0 bridgehead atoms. The Morgan fingerprint density at radius 2 is 2.05 bits per heavy atom. The van der Waals surface area contributed by atoms with E-state index < -0.39 is 17.8 Å². The Morgan fingerprint density at radius 1 is 1.33 bits per heavy atom. The lowest BCUT2D eigenvalue weighted by Crippen LogP contribution is -2.34. The molecule has 0 spiro atoms. The van der Waals surface area contributed by atoms with Gasteiger partial charge >= 0.3 is 12.2 Å². The van der Waals surface area contributed by atoms with Gasteiger partial charge in [0.05, 0.1) is 6.04 Å². The fourth-order valence-corrected chi connectivity index (χ4v) is 2.34. The van der Waals surface area contributed by atoms with Crippen molar-refractivity contribution in [2.24, 2.45) is 0 Å². The molecular formula is C15H19NO5. The number of alkyl carbamates (subject to hydrolysis) is 1. The van der Waals surface area contributed by atoms with Crippen molar-refractivity contribution in [1.29, 1.82) is 0 Å². The van der Waals surface area contributed by atoms with Gasteiger partial charge < -0.3 is 19.9 Å². The zero-order chi connectivity index (χ0) is 15.6. The number of carbonyl (C=O) groups is 2. The summed E-state index contributed by atoms with van der Waals surface area (Å²) in [6.45, 7) is 5.40. The summed E-state index contributed by atoms with van der Waals surface area (Å²) >= 11 is 0. The van der Waals surface area contributed by atoms with Gasteiger partial charge in [0.25, 0.3) is 0 Å². The summed E-state index contributed by atoms with van der Waals surface area (Å²) in [5.41, 5.74) is 1.40. The topological polar surface area (TPSA) is 84.9 Å². The van der Waals surface area contributed by atoms with E-state index in [-0.39, 0.29) is 11.8 Å². The van der Waals surface area contributed by atoms with Gasteiger partial charge in [0, 0.05) is 0 Å². The molecule has 6 heteroatoms. The van der Waals surface area contributed by atoms with E-state index in [1.54, 1.807) is 32.9 Å². The standard InChI is InChI=1S/C15H19NO5/c1-15(2,3)21-13(17)16-12-7-5-9-4-6-10(8-11(9)12)20-14(18)19/h4,6,8,12H,5,7H2,1-3H3,(H,16,17)(H,18,19)/t12-/m1/s1. The number of benzene rings is 1. The van der Waals surface area contributed by atoms with E-state index in [4.69, 9.17) is 9.84 Å². The number of rotatable bonds is 2. The Kier molecular flexibility index (Phi) is 4.06. The third kappa shape index (κ3) is 4.11. The van der Waals surface area contributed by atoms with Gasteiger partial charge in [-0.15, -0.1) is 0 Å². The summed E-state index contributed by atoms with van der Waals surface area (Å²) in [6.07, 6.45) is -0.261. The Morgan fingerprint density at radius 3 is 2.67 bits per heavy atom. The molecule has 2 rings (SSSR count). The summed E-state index contributed by atoms with van der Waals surface area (Å²) in [5.74, 6) is 0.249. The van der Waals surface area contributed by atoms with Crippen LogP contribution in [0.5, 0.6) is 5.75 Å². The van der Waals surface area contributed by atoms with Crippen molar-refractivity contribution in [3.05, 3.63) is 29.3 Å². The molecule has 1 atom stereocenters. The smallest absolute Gasteiger partial charge is 0.449 e. The van der Waals surface area contributed by atoms with Crippen LogP contribution >= 0.6 is 0 Å². The van der Waals surface area contributed by atoms with Crippen LogP contribution < -0.4 is 10.1 Å². The number of nitrogens with one attached hydrogen (secondary N) is 1. The molecule has 2 N–H and O–H groups in total. The van der Waals surface area contributed by atoms with E-state index in [0.29, 0.717) is 0 Å². The van der Waals surface area contributed by atoms with Crippen molar-refractivity contribution in [3.8, 4) is 5.75 Å². The Bertz CT molecular complexity index is 562. The molecule has 114 valence electrons. The highest BCUT2D eigenvalue weighted by atomic mass is 16.7. The van der Waals surface area contributed by atoms with Crippen LogP contribution in [-0.2, 0) is 11.2 Å². The van der Waals surface area contributed by atoms with Crippen molar-refractivity contribution >= 4 is 12.2 Å². The monoisotopic (exact) mass is 293 g/mol. The summed E-state index contributed by atoms with van der Waals surface area (Å²) in [5, 5.41) is 11.5. The fourth-order valence-electron chi connectivity index (χ4n) is 2.34. The van der Waals surface area contributed by atoms with Crippen LogP contribution in [-0.4, -0.2) is 23.0 Å². The Labute approximate surface area is 123 Å². The molecule has 0 saturated carbocycles. The maximum Gasteiger partial charge on any atom is 0.511 e. The molecule has 0 heterocycles. The maximum atomic E-state index is 11.8. The molecule has 0 saturated heterocycles. The second-order valence-electron chi connectivity index (χ2n) is 5.97. The van der Waals surface area contributed by atoms with Crippen molar-refractivity contribution in [3.63, 3.8) is 0 Å². The highest BCUT2D eigenvalue weighted by molar-refractivity contribution is 5.69. The molecule has 21 heavy (non-hydrogen) atoms. The SMILES string of the molecule is CC(C)(C)OC(=O)N[C@@H]1CCc2ccc(OC(=O)O)cc21. The number of hydrogen-bond acceptors (Lipinski definition) is 4. The zero-order valence-electron chi connectivity index (χ0n) is 12.3. The van der Waals surface area contributed by atoms with Crippen LogP contribution in [0.3, 0.4) is 0 Å². The average Bonchev–Trinajstić information content (AvgIpc) is 2.68.